The molecule has 21 heavy (non-hydrogen) atoms. The Morgan fingerprint density at radius 3 is 2.76 bits per heavy atom. The van der Waals surface area contributed by atoms with Gasteiger partial charge in [-0.15, -0.1) is 0 Å². The molecule has 118 valence electrons. The number of methoxy groups -OCH3 is 1. The zero-order valence-corrected chi connectivity index (χ0v) is 13.1. The van der Waals surface area contributed by atoms with Crippen LogP contribution in [0.1, 0.15) is 25.0 Å². The molecule has 1 N–H and O–H groups in total. The first-order valence-electron chi connectivity index (χ1n) is 7.31. The zero-order chi connectivity index (χ0) is 15.5. The fourth-order valence-corrected chi connectivity index (χ4v) is 1.91. The molecule has 5 heteroatoms. The lowest BCUT2D eigenvalue weighted by Crippen LogP contribution is -2.19. The minimum absolute atomic E-state index is 0.0493. The number of nitrogens with one attached hydrogen (secondary N) is 1. The van der Waals surface area contributed by atoms with E-state index in [1.54, 1.807) is 14.0 Å². The van der Waals surface area contributed by atoms with E-state index in [9.17, 15) is 4.79 Å². The molecule has 0 fully saturated rings. The smallest absolute Gasteiger partial charge is 0.344 e. The van der Waals surface area contributed by atoms with Crippen LogP contribution in [0, 0.1) is 0 Å². The monoisotopic (exact) mass is 295 g/mol. The molecule has 1 rings (SSSR count). The molecule has 0 saturated carbocycles. The summed E-state index contributed by atoms with van der Waals surface area (Å²) in [6.45, 7) is 6.46. The number of hydrogen-bond acceptors (Lipinski definition) is 5. The molecule has 0 aliphatic carbocycles. The highest BCUT2D eigenvalue weighted by atomic mass is 16.6. The molecular formula is C16H25NO4. The van der Waals surface area contributed by atoms with Gasteiger partial charge in [-0.25, -0.2) is 4.79 Å². The molecule has 1 aromatic rings. The third-order valence-corrected chi connectivity index (χ3v) is 2.97. The first kappa shape index (κ1) is 17.5. The minimum Gasteiger partial charge on any atom is -0.482 e. The molecule has 5 nitrogen and oxygen atoms in total. The van der Waals surface area contributed by atoms with E-state index in [4.69, 9.17) is 14.2 Å². The summed E-state index contributed by atoms with van der Waals surface area (Å²) >= 11 is 0. The normalized spacial score (nSPS) is 10.4. The molecule has 0 aromatic heterocycles. The van der Waals surface area contributed by atoms with Crippen LogP contribution in [0.25, 0.3) is 0 Å². The van der Waals surface area contributed by atoms with Crippen molar-refractivity contribution in [1.82, 2.24) is 5.32 Å². The molecule has 0 spiro atoms. The van der Waals surface area contributed by atoms with E-state index < -0.39 is 0 Å². The molecule has 0 unspecified atom stereocenters. The maximum absolute atomic E-state index is 11.3. The number of esters is 1. The Morgan fingerprint density at radius 2 is 2.10 bits per heavy atom. The zero-order valence-electron chi connectivity index (χ0n) is 13.1. The van der Waals surface area contributed by atoms with Crippen molar-refractivity contribution in [2.24, 2.45) is 0 Å². The Labute approximate surface area is 126 Å². The summed E-state index contributed by atoms with van der Waals surface area (Å²) in [4.78, 5) is 11.3. The van der Waals surface area contributed by atoms with Crippen LogP contribution in [0.5, 0.6) is 5.75 Å². The molecule has 0 aliphatic heterocycles. The van der Waals surface area contributed by atoms with Gasteiger partial charge in [-0.2, -0.15) is 0 Å². The molecule has 1 aromatic carbocycles. The summed E-state index contributed by atoms with van der Waals surface area (Å²) in [7, 11) is 1.69. The van der Waals surface area contributed by atoms with Crippen LogP contribution in [-0.2, 0) is 27.2 Å². The van der Waals surface area contributed by atoms with E-state index in [0.29, 0.717) is 13.2 Å². The van der Waals surface area contributed by atoms with Crippen LogP contribution in [-0.4, -0.2) is 39.4 Å². The van der Waals surface area contributed by atoms with Gasteiger partial charge in [0.15, 0.2) is 6.61 Å². The molecule has 0 amide bonds. The SMILES string of the molecule is CCOC(=O)COc1ccc(CNCCOC)cc1CC. The first-order chi connectivity index (χ1) is 10.2. The maximum Gasteiger partial charge on any atom is 0.344 e. The largest absolute Gasteiger partial charge is 0.482 e. The number of aryl methyl sites for hydroxylation is 1. The second kappa shape index (κ2) is 10.2. The van der Waals surface area contributed by atoms with Gasteiger partial charge >= 0.3 is 5.97 Å². The summed E-state index contributed by atoms with van der Waals surface area (Å²) in [5.41, 5.74) is 2.27. The lowest BCUT2D eigenvalue weighted by Gasteiger charge is -2.12. The minimum atomic E-state index is -0.343. The number of carbonyl (C=O) groups excluding carboxylic acids is 1. The Morgan fingerprint density at radius 1 is 1.29 bits per heavy atom. The number of ether oxygens (including phenoxy) is 3. The molecule has 0 bridgehead atoms. The van der Waals surface area contributed by atoms with Crippen molar-refractivity contribution in [3.8, 4) is 5.75 Å². The average Bonchev–Trinajstić information content (AvgIpc) is 2.50. The van der Waals surface area contributed by atoms with Gasteiger partial charge in [0.25, 0.3) is 0 Å². The van der Waals surface area contributed by atoms with Gasteiger partial charge in [0.1, 0.15) is 5.75 Å². The van der Waals surface area contributed by atoms with E-state index >= 15 is 0 Å². The van der Waals surface area contributed by atoms with E-state index in [2.05, 4.69) is 18.3 Å². The van der Waals surface area contributed by atoms with Crippen molar-refractivity contribution in [2.45, 2.75) is 26.8 Å². The van der Waals surface area contributed by atoms with Crippen LogP contribution >= 0.6 is 0 Å². The third kappa shape index (κ3) is 6.60. The number of rotatable bonds is 10. The van der Waals surface area contributed by atoms with Crippen LogP contribution in [0.2, 0.25) is 0 Å². The van der Waals surface area contributed by atoms with E-state index in [-0.39, 0.29) is 12.6 Å². The predicted molar refractivity (Wildman–Crippen MR) is 81.5 cm³/mol. The second-order valence-corrected chi connectivity index (χ2v) is 4.56. The van der Waals surface area contributed by atoms with E-state index in [1.807, 2.05) is 12.1 Å². The summed E-state index contributed by atoms with van der Waals surface area (Å²) in [6, 6.07) is 6.01. The van der Waals surface area contributed by atoms with Gasteiger partial charge in [0.05, 0.1) is 13.2 Å². The highest BCUT2D eigenvalue weighted by molar-refractivity contribution is 5.71. The predicted octanol–water partition coefficient (Wildman–Crippen LogP) is 1.93. The fourth-order valence-electron chi connectivity index (χ4n) is 1.91. The van der Waals surface area contributed by atoms with Gasteiger partial charge in [-0.05, 0) is 30.5 Å². The third-order valence-electron chi connectivity index (χ3n) is 2.97. The summed E-state index contributed by atoms with van der Waals surface area (Å²) in [5, 5.41) is 3.30. The molecule has 0 atom stereocenters. The lowest BCUT2D eigenvalue weighted by atomic mass is 10.1. The Kier molecular flexibility index (Phi) is 8.47. The number of benzene rings is 1. The Balaban J connectivity index is 2.55. The Hall–Kier alpha value is -1.59. The van der Waals surface area contributed by atoms with Crippen LogP contribution in [0.4, 0.5) is 0 Å². The van der Waals surface area contributed by atoms with Gasteiger partial charge < -0.3 is 19.5 Å². The highest BCUT2D eigenvalue weighted by Gasteiger charge is 2.07. The Bertz CT molecular complexity index is 434. The van der Waals surface area contributed by atoms with Crippen molar-refractivity contribution in [3.63, 3.8) is 0 Å². The van der Waals surface area contributed by atoms with Gasteiger partial charge in [-0.3, -0.25) is 0 Å². The van der Waals surface area contributed by atoms with Crippen molar-refractivity contribution < 1.29 is 19.0 Å². The van der Waals surface area contributed by atoms with Crippen LogP contribution in [0.15, 0.2) is 18.2 Å². The fraction of sp³-hybridized carbons (Fsp3) is 0.562. The molecule has 0 aliphatic rings. The van der Waals surface area contributed by atoms with Gasteiger partial charge in [-0.1, -0.05) is 19.1 Å². The average molecular weight is 295 g/mol. The van der Waals surface area contributed by atoms with Crippen LogP contribution in [0.3, 0.4) is 0 Å². The quantitative estimate of drug-likeness (QED) is 0.528. The summed E-state index contributed by atoms with van der Waals surface area (Å²) < 4.78 is 15.4. The maximum atomic E-state index is 11.3. The van der Waals surface area contributed by atoms with E-state index in [1.165, 1.54) is 5.56 Å². The van der Waals surface area contributed by atoms with Gasteiger partial charge in [0.2, 0.25) is 0 Å². The second-order valence-electron chi connectivity index (χ2n) is 4.56. The lowest BCUT2D eigenvalue weighted by molar-refractivity contribution is -0.145. The van der Waals surface area contributed by atoms with Crippen molar-refractivity contribution in [2.75, 3.05) is 33.5 Å². The number of hydrogen-bond donors (Lipinski definition) is 1. The van der Waals surface area contributed by atoms with Crippen molar-refractivity contribution in [3.05, 3.63) is 29.3 Å². The molecule has 0 heterocycles. The van der Waals surface area contributed by atoms with Crippen molar-refractivity contribution in [1.29, 1.82) is 0 Å². The summed E-state index contributed by atoms with van der Waals surface area (Å²) in [5.74, 6) is 0.399. The standard InChI is InChI=1S/C16H25NO4/c1-4-14-10-13(11-17-8-9-19-3)6-7-15(14)21-12-16(18)20-5-2/h6-7,10,17H,4-5,8-9,11-12H2,1-3H3. The van der Waals surface area contributed by atoms with Gasteiger partial charge in [0, 0.05) is 20.2 Å². The summed E-state index contributed by atoms with van der Waals surface area (Å²) in [6.07, 6.45) is 0.851. The highest BCUT2D eigenvalue weighted by Crippen LogP contribution is 2.21. The number of carbonyl (C=O) groups is 1. The topological polar surface area (TPSA) is 56.8 Å². The van der Waals surface area contributed by atoms with Crippen molar-refractivity contribution >= 4 is 5.97 Å². The van der Waals surface area contributed by atoms with Crippen LogP contribution < -0.4 is 10.1 Å². The molecular weight excluding hydrogens is 270 g/mol. The molecule has 0 radical (unpaired) electrons. The first-order valence-corrected chi connectivity index (χ1v) is 7.31. The molecule has 0 saturated heterocycles. The van der Waals surface area contributed by atoms with E-state index in [0.717, 1.165) is 30.8 Å².